The number of nitrogens with zero attached hydrogens (tertiary/aromatic N) is 2. The minimum Gasteiger partial charge on any atom is -0.508 e. The van der Waals surface area contributed by atoms with Gasteiger partial charge in [0, 0.05) is 0 Å². The van der Waals surface area contributed by atoms with E-state index in [1.807, 2.05) is 0 Å². The first-order valence-corrected chi connectivity index (χ1v) is 5.87. The predicted octanol–water partition coefficient (Wildman–Crippen LogP) is 2.36. The quantitative estimate of drug-likeness (QED) is 0.863. The van der Waals surface area contributed by atoms with Gasteiger partial charge in [0.1, 0.15) is 16.5 Å². The molecule has 7 heteroatoms. The number of amides is 1. The lowest BCUT2D eigenvalue weighted by Gasteiger charge is -2.07. The maximum absolute atomic E-state index is 13.5. The van der Waals surface area contributed by atoms with E-state index < -0.39 is 24.0 Å². The Morgan fingerprint density at radius 2 is 2.17 bits per heavy atom. The van der Waals surface area contributed by atoms with E-state index in [1.54, 1.807) is 0 Å². The van der Waals surface area contributed by atoms with E-state index >= 15 is 0 Å². The molecule has 4 nitrogen and oxygen atoms in total. The van der Waals surface area contributed by atoms with Crippen molar-refractivity contribution in [2.45, 2.75) is 12.3 Å². The average molecular weight is 268 g/mol. The molecule has 18 heavy (non-hydrogen) atoms. The van der Waals surface area contributed by atoms with Crippen LogP contribution in [0.25, 0.3) is 10.2 Å². The lowest BCUT2D eigenvalue weighted by atomic mass is 10.2. The van der Waals surface area contributed by atoms with Gasteiger partial charge < -0.3 is 5.11 Å². The number of halogens is 2. The number of carbonyl (C=O) groups is 1. The van der Waals surface area contributed by atoms with Crippen LogP contribution in [0.1, 0.15) is 11.4 Å². The van der Waals surface area contributed by atoms with Gasteiger partial charge in [-0.1, -0.05) is 0 Å². The van der Waals surface area contributed by atoms with E-state index in [2.05, 4.69) is 9.98 Å². The molecule has 1 aromatic carbocycles. The molecule has 0 spiro atoms. The minimum absolute atomic E-state index is 0.0199. The fraction of sp³-hybridized carbons (Fsp3) is 0.182. The summed E-state index contributed by atoms with van der Waals surface area (Å²) in [5.74, 6) is -4.06. The number of fused-ring (bicyclic) bond motifs is 1. The number of hydrogen-bond donors (Lipinski definition) is 1. The summed E-state index contributed by atoms with van der Waals surface area (Å²) in [6, 6.07) is 4.39. The molecule has 3 rings (SSSR count). The van der Waals surface area contributed by atoms with Gasteiger partial charge in [0.2, 0.25) is 0 Å². The third-order valence-corrected chi connectivity index (χ3v) is 3.56. The van der Waals surface area contributed by atoms with Gasteiger partial charge in [0.05, 0.1) is 16.6 Å². The number of aromatic nitrogens is 1. The highest BCUT2D eigenvalue weighted by Crippen LogP contribution is 2.34. The van der Waals surface area contributed by atoms with E-state index in [9.17, 15) is 18.7 Å². The van der Waals surface area contributed by atoms with Crippen molar-refractivity contribution in [3.05, 3.63) is 23.2 Å². The number of rotatable bonds is 1. The molecule has 0 aliphatic carbocycles. The van der Waals surface area contributed by atoms with Gasteiger partial charge in [0.25, 0.3) is 5.91 Å². The first-order valence-electron chi connectivity index (χ1n) is 5.05. The minimum atomic E-state index is -3.26. The molecule has 2 heterocycles. The Hall–Kier alpha value is -1.89. The van der Waals surface area contributed by atoms with Gasteiger partial charge >= 0.3 is 5.92 Å². The second kappa shape index (κ2) is 3.55. The summed E-state index contributed by atoms with van der Waals surface area (Å²) in [7, 11) is 0. The number of hydrogen-bond acceptors (Lipinski definition) is 4. The van der Waals surface area contributed by atoms with Gasteiger partial charge in [-0.05, 0) is 18.2 Å². The highest BCUT2D eigenvalue weighted by molar-refractivity contribution is 7.20. The van der Waals surface area contributed by atoms with Crippen molar-refractivity contribution in [2.24, 2.45) is 4.99 Å². The molecule has 1 aliphatic rings. The molecule has 0 unspecified atom stereocenters. The van der Waals surface area contributed by atoms with Gasteiger partial charge in [0.15, 0.2) is 0 Å². The number of aromatic hydroxyl groups is 1. The zero-order chi connectivity index (χ0) is 12.9. The zero-order valence-electron chi connectivity index (χ0n) is 8.85. The Balaban J connectivity index is 2.15. The van der Waals surface area contributed by atoms with Crippen LogP contribution < -0.4 is 0 Å². The van der Waals surface area contributed by atoms with Gasteiger partial charge in [-0.25, -0.2) is 9.98 Å². The maximum Gasteiger partial charge on any atom is 0.301 e. The summed E-state index contributed by atoms with van der Waals surface area (Å²) in [6.07, 6.45) is -0.899. The number of phenols is 1. The van der Waals surface area contributed by atoms with Gasteiger partial charge in [-0.3, -0.25) is 4.79 Å². The molecular weight excluding hydrogens is 262 g/mol. The van der Waals surface area contributed by atoms with Crippen LogP contribution in [0.4, 0.5) is 8.78 Å². The Morgan fingerprint density at radius 1 is 1.39 bits per heavy atom. The molecule has 0 atom stereocenters. The molecule has 1 aliphatic heterocycles. The zero-order valence-corrected chi connectivity index (χ0v) is 9.67. The highest BCUT2D eigenvalue weighted by Gasteiger charge is 2.46. The molecule has 0 saturated heterocycles. The number of phenolic OH excluding ortho intramolecular Hbond substituents is 1. The standard InChI is InChI=1S/C11H6F2N2O2S/c12-11(13)4-8(17)15-9(11)10-14-6-2-1-5(16)3-7(6)18-10/h1-3,16H,4H2. The lowest BCUT2D eigenvalue weighted by molar-refractivity contribution is -0.119. The molecular formula is C11H6F2N2O2S. The van der Waals surface area contributed by atoms with E-state index in [0.717, 1.165) is 11.3 Å². The normalized spacial score (nSPS) is 18.3. The highest BCUT2D eigenvalue weighted by atomic mass is 32.1. The van der Waals surface area contributed by atoms with E-state index in [-0.39, 0.29) is 10.8 Å². The van der Waals surface area contributed by atoms with E-state index in [1.165, 1.54) is 18.2 Å². The van der Waals surface area contributed by atoms with Crippen LogP contribution in [0.2, 0.25) is 0 Å². The summed E-state index contributed by atoms with van der Waals surface area (Å²) < 4.78 is 27.6. The number of carbonyl (C=O) groups excluding carboxylic acids is 1. The molecule has 1 amide bonds. The van der Waals surface area contributed by atoms with Crippen LogP contribution >= 0.6 is 11.3 Å². The van der Waals surface area contributed by atoms with Crippen LogP contribution in [0, 0.1) is 0 Å². The molecule has 0 fully saturated rings. The molecule has 0 radical (unpaired) electrons. The maximum atomic E-state index is 13.5. The third kappa shape index (κ3) is 1.67. The Labute approximate surface area is 104 Å². The van der Waals surface area contributed by atoms with Crippen molar-refractivity contribution < 1.29 is 18.7 Å². The first-order chi connectivity index (χ1) is 8.45. The molecule has 0 bridgehead atoms. The lowest BCUT2D eigenvalue weighted by Crippen LogP contribution is -2.25. The monoisotopic (exact) mass is 268 g/mol. The number of aliphatic imine (C=N–C) groups is 1. The van der Waals surface area contributed by atoms with Crippen molar-refractivity contribution >= 4 is 33.2 Å². The van der Waals surface area contributed by atoms with Crippen LogP contribution in [0.15, 0.2) is 23.2 Å². The summed E-state index contributed by atoms with van der Waals surface area (Å²) in [4.78, 5) is 18.3. The summed E-state index contributed by atoms with van der Waals surface area (Å²) in [5.41, 5.74) is -0.0844. The fourth-order valence-electron chi connectivity index (χ4n) is 1.74. The molecule has 92 valence electrons. The Kier molecular flexibility index (Phi) is 2.21. The van der Waals surface area contributed by atoms with Gasteiger partial charge in [-0.2, -0.15) is 8.78 Å². The second-order valence-corrected chi connectivity index (χ2v) is 4.94. The van der Waals surface area contributed by atoms with Crippen molar-refractivity contribution in [3.8, 4) is 5.75 Å². The van der Waals surface area contributed by atoms with Crippen LogP contribution in [0.5, 0.6) is 5.75 Å². The molecule has 1 N–H and O–H groups in total. The average Bonchev–Trinajstić information content (AvgIpc) is 2.77. The SMILES string of the molecule is O=C1CC(F)(F)C(c2nc3ccc(O)cc3s2)=N1. The van der Waals surface area contributed by atoms with Crippen molar-refractivity contribution in [2.75, 3.05) is 0 Å². The topological polar surface area (TPSA) is 62.5 Å². The van der Waals surface area contributed by atoms with Crippen molar-refractivity contribution in [1.82, 2.24) is 4.98 Å². The number of benzene rings is 1. The molecule has 1 aromatic heterocycles. The third-order valence-electron chi connectivity index (χ3n) is 2.53. The van der Waals surface area contributed by atoms with E-state index in [4.69, 9.17) is 0 Å². The van der Waals surface area contributed by atoms with E-state index in [0.29, 0.717) is 10.2 Å². The Bertz CT molecular complexity index is 693. The fourth-order valence-corrected chi connectivity index (χ4v) is 2.78. The number of alkyl halides is 2. The first kappa shape index (κ1) is 11.2. The summed E-state index contributed by atoms with van der Waals surface area (Å²) >= 11 is 0.979. The largest absolute Gasteiger partial charge is 0.508 e. The summed E-state index contributed by atoms with van der Waals surface area (Å²) in [6.45, 7) is 0. The molecule has 0 saturated carbocycles. The summed E-state index contributed by atoms with van der Waals surface area (Å²) in [5, 5.41) is 9.32. The predicted molar refractivity (Wildman–Crippen MR) is 62.4 cm³/mol. The van der Waals surface area contributed by atoms with Crippen LogP contribution in [0.3, 0.4) is 0 Å². The number of thiazole rings is 1. The second-order valence-electron chi connectivity index (χ2n) is 3.91. The van der Waals surface area contributed by atoms with Crippen molar-refractivity contribution in [3.63, 3.8) is 0 Å². The van der Waals surface area contributed by atoms with Crippen LogP contribution in [-0.2, 0) is 4.79 Å². The Morgan fingerprint density at radius 3 is 2.83 bits per heavy atom. The smallest absolute Gasteiger partial charge is 0.301 e. The molecule has 2 aromatic rings. The van der Waals surface area contributed by atoms with Gasteiger partial charge in [-0.15, -0.1) is 11.3 Å². The van der Waals surface area contributed by atoms with Crippen LogP contribution in [-0.4, -0.2) is 27.6 Å². The van der Waals surface area contributed by atoms with Crippen molar-refractivity contribution in [1.29, 1.82) is 0 Å².